The van der Waals surface area contributed by atoms with Crippen LogP contribution < -0.4 is 10.5 Å². The van der Waals surface area contributed by atoms with Crippen molar-refractivity contribution in [2.75, 3.05) is 27.2 Å². The predicted octanol–water partition coefficient (Wildman–Crippen LogP) is 2.33. The Morgan fingerprint density at radius 3 is 2.93 bits per heavy atom. The number of amides is 1. The van der Waals surface area contributed by atoms with Crippen LogP contribution >= 0.6 is 0 Å². The van der Waals surface area contributed by atoms with Crippen molar-refractivity contribution < 1.29 is 9.53 Å². The van der Waals surface area contributed by atoms with Crippen molar-refractivity contribution in [3.63, 3.8) is 0 Å². The number of nitrogens with zero attached hydrogens (tertiary/aromatic N) is 5. The third-order valence-electron chi connectivity index (χ3n) is 4.46. The Morgan fingerprint density at radius 2 is 2.14 bits per heavy atom. The molecule has 29 heavy (non-hydrogen) atoms. The Morgan fingerprint density at radius 1 is 1.28 bits per heavy atom. The number of aryl methyl sites for hydroxylation is 1. The number of imidazole rings is 1. The maximum Gasteiger partial charge on any atom is 0.217 e. The second kappa shape index (κ2) is 9.88. The van der Waals surface area contributed by atoms with E-state index in [0.717, 1.165) is 35.8 Å². The number of hydrogen-bond acceptors (Lipinski definition) is 5. The number of carbonyl (C=O) groups is 1. The lowest BCUT2D eigenvalue weighted by Crippen LogP contribution is -2.15. The van der Waals surface area contributed by atoms with Crippen LogP contribution in [-0.2, 0) is 11.3 Å². The average molecular weight is 396 g/mol. The molecule has 1 aromatic carbocycles. The Balaban J connectivity index is 1.69. The molecule has 0 radical (unpaired) electrons. The van der Waals surface area contributed by atoms with Crippen LogP contribution in [0.4, 0.5) is 0 Å². The molecule has 3 aromatic rings. The van der Waals surface area contributed by atoms with Gasteiger partial charge >= 0.3 is 0 Å². The summed E-state index contributed by atoms with van der Waals surface area (Å²) in [7, 11) is 4.11. The highest BCUT2D eigenvalue weighted by Crippen LogP contribution is 2.25. The molecule has 0 saturated carbocycles. The second-order valence-corrected chi connectivity index (χ2v) is 7.19. The molecule has 2 heterocycles. The van der Waals surface area contributed by atoms with Crippen LogP contribution in [0.25, 0.3) is 17.1 Å². The van der Waals surface area contributed by atoms with Crippen molar-refractivity contribution in [2.24, 2.45) is 5.73 Å². The Hall–Kier alpha value is -3.13. The predicted molar refractivity (Wildman–Crippen MR) is 112 cm³/mol. The van der Waals surface area contributed by atoms with E-state index >= 15 is 0 Å². The van der Waals surface area contributed by atoms with Gasteiger partial charge in [0, 0.05) is 43.7 Å². The van der Waals surface area contributed by atoms with Crippen molar-refractivity contribution in [1.29, 1.82) is 0 Å². The van der Waals surface area contributed by atoms with Gasteiger partial charge in [-0.25, -0.2) is 4.98 Å². The molecule has 0 spiro atoms. The first kappa shape index (κ1) is 20.6. The zero-order valence-electron chi connectivity index (χ0n) is 17.0. The van der Waals surface area contributed by atoms with Gasteiger partial charge in [-0.15, -0.1) is 0 Å². The van der Waals surface area contributed by atoms with E-state index in [9.17, 15) is 4.79 Å². The molecule has 1 amide bonds. The summed E-state index contributed by atoms with van der Waals surface area (Å²) in [6.07, 6.45) is 9.40. The van der Waals surface area contributed by atoms with Gasteiger partial charge < -0.3 is 15.4 Å². The Kier molecular flexibility index (Phi) is 7.02. The fraction of sp³-hybridized carbons (Fsp3) is 0.381. The molecule has 0 saturated heterocycles. The Labute approximate surface area is 170 Å². The molecule has 2 N–H and O–H groups in total. The summed E-state index contributed by atoms with van der Waals surface area (Å²) in [6, 6.07) is 7.96. The van der Waals surface area contributed by atoms with Crippen LogP contribution in [-0.4, -0.2) is 57.4 Å². The molecule has 0 unspecified atom stereocenters. The molecule has 8 heteroatoms. The maximum atomic E-state index is 10.9. The molecule has 3 rings (SSSR count). The molecule has 0 aliphatic rings. The normalized spacial score (nSPS) is 11.1. The average Bonchev–Trinajstić information content (AvgIpc) is 3.34. The van der Waals surface area contributed by atoms with E-state index in [2.05, 4.69) is 29.1 Å². The van der Waals surface area contributed by atoms with Crippen LogP contribution in [0, 0.1) is 0 Å². The lowest BCUT2D eigenvalue weighted by atomic mass is 10.2. The van der Waals surface area contributed by atoms with Gasteiger partial charge in [-0.05, 0) is 39.1 Å². The third-order valence-corrected chi connectivity index (χ3v) is 4.46. The summed E-state index contributed by atoms with van der Waals surface area (Å²) in [5.74, 6) is 1.36. The van der Waals surface area contributed by atoms with E-state index in [1.54, 1.807) is 12.4 Å². The SMILES string of the molecule is CN(C)CCCOc1cccc(-c2nccn2-c2cnn(CCCC(N)=O)c2)c1. The van der Waals surface area contributed by atoms with Gasteiger partial charge in [-0.3, -0.25) is 14.0 Å². The van der Waals surface area contributed by atoms with Gasteiger partial charge in [0.2, 0.25) is 5.91 Å². The first-order valence-corrected chi connectivity index (χ1v) is 9.75. The number of rotatable bonds is 11. The standard InChI is InChI=1S/C21H28N6O2/c1-25(2)10-5-13-29-19-7-3-6-17(14-19)21-23-9-12-27(21)18-15-24-26(16-18)11-4-8-20(22)28/h3,6-7,9,12,14-16H,4-5,8,10-11,13H2,1-2H3,(H2,22,28). The lowest BCUT2D eigenvalue weighted by Gasteiger charge is -2.11. The second-order valence-electron chi connectivity index (χ2n) is 7.19. The number of carbonyl (C=O) groups excluding carboxylic acids is 1. The van der Waals surface area contributed by atoms with Crippen LogP contribution in [0.1, 0.15) is 19.3 Å². The number of aromatic nitrogens is 4. The molecular weight excluding hydrogens is 368 g/mol. The van der Waals surface area contributed by atoms with Crippen molar-refractivity contribution in [1.82, 2.24) is 24.2 Å². The van der Waals surface area contributed by atoms with Gasteiger partial charge in [0.1, 0.15) is 11.6 Å². The number of hydrogen-bond donors (Lipinski definition) is 1. The van der Waals surface area contributed by atoms with Crippen molar-refractivity contribution in [2.45, 2.75) is 25.8 Å². The zero-order chi connectivity index (χ0) is 20.6. The smallest absolute Gasteiger partial charge is 0.217 e. The van der Waals surface area contributed by atoms with E-state index < -0.39 is 0 Å². The molecule has 0 atom stereocenters. The summed E-state index contributed by atoms with van der Waals surface area (Å²) >= 11 is 0. The summed E-state index contributed by atoms with van der Waals surface area (Å²) < 4.78 is 9.69. The third kappa shape index (κ3) is 5.92. The Bertz CT molecular complexity index is 931. The first-order chi connectivity index (χ1) is 14.0. The fourth-order valence-electron chi connectivity index (χ4n) is 3.04. The zero-order valence-corrected chi connectivity index (χ0v) is 17.0. The highest BCUT2D eigenvalue weighted by Gasteiger charge is 2.11. The van der Waals surface area contributed by atoms with E-state index in [0.29, 0.717) is 26.0 Å². The van der Waals surface area contributed by atoms with E-state index in [4.69, 9.17) is 10.5 Å². The van der Waals surface area contributed by atoms with E-state index in [-0.39, 0.29) is 5.91 Å². The maximum absolute atomic E-state index is 10.9. The van der Waals surface area contributed by atoms with Crippen molar-refractivity contribution >= 4 is 5.91 Å². The van der Waals surface area contributed by atoms with E-state index in [1.165, 1.54) is 0 Å². The topological polar surface area (TPSA) is 91.2 Å². The summed E-state index contributed by atoms with van der Waals surface area (Å²) in [4.78, 5) is 17.6. The monoisotopic (exact) mass is 396 g/mol. The number of ether oxygens (including phenoxy) is 1. The summed E-state index contributed by atoms with van der Waals surface area (Å²) in [5.41, 5.74) is 7.08. The van der Waals surface area contributed by atoms with Crippen LogP contribution in [0.2, 0.25) is 0 Å². The largest absolute Gasteiger partial charge is 0.494 e. The minimum Gasteiger partial charge on any atom is -0.494 e. The van der Waals surface area contributed by atoms with Gasteiger partial charge in [0.15, 0.2) is 0 Å². The van der Waals surface area contributed by atoms with Gasteiger partial charge in [0.05, 0.1) is 18.5 Å². The van der Waals surface area contributed by atoms with Crippen molar-refractivity contribution in [3.8, 4) is 22.8 Å². The molecule has 8 nitrogen and oxygen atoms in total. The summed E-state index contributed by atoms with van der Waals surface area (Å²) in [6.45, 7) is 2.31. The number of primary amides is 1. The minimum atomic E-state index is -0.293. The van der Waals surface area contributed by atoms with Crippen LogP contribution in [0.3, 0.4) is 0 Å². The molecule has 0 aliphatic carbocycles. The van der Waals surface area contributed by atoms with Crippen molar-refractivity contribution in [3.05, 3.63) is 49.1 Å². The number of nitrogens with two attached hydrogens (primary N) is 1. The molecule has 154 valence electrons. The molecule has 0 bridgehead atoms. The quantitative estimate of drug-likeness (QED) is 0.502. The summed E-state index contributed by atoms with van der Waals surface area (Å²) in [5, 5.41) is 4.37. The molecule has 2 aromatic heterocycles. The van der Waals surface area contributed by atoms with Gasteiger partial charge in [-0.2, -0.15) is 5.10 Å². The molecular formula is C21H28N6O2. The lowest BCUT2D eigenvalue weighted by molar-refractivity contribution is -0.118. The van der Waals surface area contributed by atoms with Crippen LogP contribution in [0.15, 0.2) is 49.1 Å². The highest BCUT2D eigenvalue weighted by molar-refractivity contribution is 5.73. The van der Waals surface area contributed by atoms with Gasteiger partial charge in [0.25, 0.3) is 0 Å². The fourth-order valence-corrected chi connectivity index (χ4v) is 3.04. The first-order valence-electron chi connectivity index (χ1n) is 9.75. The highest BCUT2D eigenvalue weighted by atomic mass is 16.5. The van der Waals surface area contributed by atoms with E-state index in [1.807, 2.05) is 45.9 Å². The van der Waals surface area contributed by atoms with Crippen LogP contribution in [0.5, 0.6) is 5.75 Å². The minimum absolute atomic E-state index is 0.293. The number of benzene rings is 1. The molecule has 0 fully saturated rings. The van der Waals surface area contributed by atoms with Gasteiger partial charge in [-0.1, -0.05) is 12.1 Å². The molecule has 0 aliphatic heterocycles.